The molecule has 3 aromatic rings. The molecular formula is C24H27N2O4+. The van der Waals surface area contributed by atoms with E-state index in [1.54, 1.807) is 54.3 Å². The number of anilines is 2. The number of carbonyl (C=O) groups excluding carboxylic acids is 2. The van der Waals surface area contributed by atoms with E-state index in [-0.39, 0.29) is 7.43 Å². The zero-order valence-corrected chi connectivity index (χ0v) is 16.6. The van der Waals surface area contributed by atoms with E-state index in [9.17, 15) is 9.59 Å². The van der Waals surface area contributed by atoms with Gasteiger partial charge in [0.1, 0.15) is 12.6 Å². The van der Waals surface area contributed by atoms with Crippen LogP contribution < -0.4 is 9.88 Å². The highest BCUT2D eigenvalue weighted by Crippen LogP contribution is 2.25. The molecule has 3 rings (SSSR count). The predicted octanol–water partition coefficient (Wildman–Crippen LogP) is 4.48. The Hall–Kier alpha value is -3.67. The van der Waals surface area contributed by atoms with E-state index in [0.717, 1.165) is 16.8 Å². The number of hydrogen-bond acceptors (Lipinski definition) is 5. The molecule has 0 saturated carbocycles. The van der Waals surface area contributed by atoms with Gasteiger partial charge in [0.05, 0.1) is 11.3 Å². The van der Waals surface area contributed by atoms with Gasteiger partial charge >= 0.3 is 11.9 Å². The lowest BCUT2D eigenvalue weighted by atomic mass is 10.1. The zero-order valence-electron chi connectivity index (χ0n) is 16.6. The summed E-state index contributed by atoms with van der Waals surface area (Å²) in [6.07, 6.45) is 3.43. The minimum absolute atomic E-state index is 0. The molecule has 6 heteroatoms. The first-order chi connectivity index (χ1) is 14.0. The second kappa shape index (κ2) is 10.2. The summed E-state index contributed by atoms with van der Waals surface area (Å²) in [5.41, 5.74) is 4.51. The summed E-state index contributed by atoms with van der Waals surface area (Å²) < 4.78 is 11.9. The summed E-state index contributed by atoms with van der Waals surface area (Å²) in [6, 6.07) is 16.3. The SMILES string of the molecule is C.Cc1cccc(Nc2ccccc2C(=O)OCOC(=O)c2ccc[n+](C)c2)c1C. The van der Waals surface area contributed by atoms with Crippen molar-refractivity contribution in [2.45, 2.75) is 21.3 Å². The van der Waals surface area contributed by atoms with Gasteiger partial charge in [0.25, 0.3) is 0 Å². The van der Waals surface area contributed by atoms with Crippen LogP contribution in [0.2, 0.25) is 0 Å². The van der Waals surface area contributed by atoms with Crippen LogP contribution in [0.1, 0.15) is 39.3 Å². The quantitative estimate of drug-likeness (QED) is 0.371. The highest BCUT2D eigenvalue weighted by atomic mass is 16.7. The third kappa shape index (κ3) is 5.44. The lowest BCUT2D eigenvalue weighted by Crippen LogP contribution is -2.28. The van der Waals surface area contributed by atoms with Gasteiger partial charge in [-0.3, -0.25) is 0 Å². The maximum atomic E-state index is 12.5. The van der Waals surface area contributed by atoms with Crippen molar-refractivity contribution in [1.29, 1.82) is 0 Å². The number of para-hydroxylation sites is 1. The molecule has 1 N–H and O–H groups in total. The van der Waals surface area contributed by atoms with Gasteiger partial charge in [-0.2, -0.15) is 0 Å². The number of aryl methyl sites for hydroxylation is 2. The van der Waals surface area contributed by atoms with Crippen molar-refractivity contribution in [2.24, 2.45) is 7.05 Å². The molecule has 6 nitrogen and oxygen atoms in total. The average molecular weight is 407 g/mol. The number of rotatable bonds is 6. The van der Waals surface area contributed by atoms with E-state index in [1.807, 2.05) is 38.1 Å². The second-order valence-electron chi connectivity index (χ2n) is 6.66. The summed E-state index contributed by atoms with van der Waals surface area (Å²) in [5.74, 6) is -1.14. The Bertz CT molecular complexity index is 1050. The van der Waals surface area contributed by atoms with Crippen LogP contribution in [0.3, 0.4) is 0 Å². The third-order valence-electron chi connectivity index (χ3n) is 4.58. The molecule has 0 spiro atoms. The second-order valence-corrected chi connectivity index (χ2v) is 6.66. The maximum absolute atomic E-state index is 12.5. The molecule has 0 aliphatic rings. The topological polar surface area (TPSA) is 68.5 Å². The Labute approximate surface area is 177 Å². The fraction of sp³-hybridized carbons (Fsp3) is 0.208. The van der Waals surface area contributed by atoms with Crippen LogP contribution in [0.4, 0.5) is 11.4 Å². The molecule has 156 valence electrons. The van der Waals surface area contributed by atoms with Crippen LogP contribution in [0.15, 0.2) is 67.0 Å². The molecule has 0 bridgehead atoms. The number of nitrogens with one attached hydrogen (secondary N) is 1. The standard InChI is InChI=1S/C23H22N2O4.CH4/c1-16-8-6-12-20(17(16)2)24-21-11-5-4-10-19(21)23(27)29-15-28-22(26)18-9-7-13-25(3)14-18;/h4-14H,15H2,1-3H3;1H4/p+1. The number of pyridine rings is 1. The molecule has 30 heavy (non-hydrogen) atoms. The van der Waals surface area contributed by atoms with Crippen molar-refractivity contribution >= 4 is 23.3 Å². The molecule has 0 atom stereocenters. The summed E-state index contributed by atoms with van der Waals surface area (Å²) in [5, 5.41) is 3.28. The first-order valence-corrected chi connectivity index (χ1v) is 9.17. The lowest BCUT2D eigenvalue weighted by molar-refractivity contribution is -0.671. The van der Waals surface area contributed by atoms with E-state index < -0.39 is 18.7 Å². The lowest BCUT2D eigenvalue weighted by Gasteiger charge is -2.14. The van der Waals surface area contributed by atoms with Crippen LogP contribution >= 0.6 is 0 Å². The van der Waals surface area contributed by atoms with Crippen LogP contribution in [0.25, 0.3) is 0 Å². The Morgan fingerprint density at radius 2 is 1.60 bits per heavy atom. The van der Waals surface area contributed by atoms with Crippen molar-refractivity contribution in [3.8, 4) is 0 Å². The Morgan fingerprint density at radius 3 is 2.37 bits per heavy atom. The highest BCUT2D eigenvalue weighted by molar-refractivity contribution is 5.96. The van der Waals surface area contributed by atoms with Gasteiger partial charge in [-0.25, -0.2) is 14.2 Å². The minimum Gasteiger partial charge on any atom is -0.424 e. The number of hydrogen-bond donors (Lipinski definition) is 1. The largest absolute Gasteiger partial charge is 0.424 e. The molecule has 0 amide bonds. The van der Waals surface area contributed by atoms with Crippen LogP contribution in [0, 0.1) is 13.8 Å². The fourth-order valence-electron chi connectivity index (χ4n) is 2.81. The van der Waals surface area contributed by atoms with Gasteiger partial charge in [0, 0.05) is 11.8 Å². The van der Waals surface area contributed by atoms with Gasteiger partial charge in [0.15, 0.2) is 12.4 Å². The number of esters is 2. The molecule has 2 aromatic carbocycles. The molecule has 1 heterocycles. The highest BCUT2D eigenvalue weighted by Gasteiger charge is 2.16. The molecule has 0 saturated heterocycles. The maximum Gasteiger partial charge on any atom is 0.347 e. The first kappa shape index (κ1) is 22.6. The van der Waals surface area contributed by atoms with Crippen molar-refractivity contribution < 1.29 is 23.6 Å². The molecule has 0 radical (unpaired) electrons. The summed E-state index contributed by atoms with van der Waals surface area (Å²) in [7, 11) is 1.80. The van der Waals surface area contributed by atoms with Crippen molar-refractivity contribution in [1.82, 2.24) is 0 Å². The van der Waals surface area contributed by atoms with Crippen LogP contribution in [0.5, 0.6) is 0 Å². The smallest absolute Gasteiger partial charge is 0.347 e. The van der Waals surface area contributed by atoms with E-state index >= 15 is 0 Å². The Kier molecular flexibility index (Phi) is 7.69. The van der Waals surface area contributed by atoms with Gasteiger partial charge in [-0.1, -0.05) is 31.7 Å². The number of carbonyl (C=O) groups is 2. The van der Waals surface area contributed by atoms with Crippen molar-refractivity contribution in [3.63, 3.8) is 0 Å². The van der Waals surface area contributed by atoms with E-state index in [4.69, 9.17) is 9.47 Å². The van der Waals surface area contributed by atoms with Crippen LogP contribution in [-0.4, -0.2) is 18.7 Å². The molecule has 0 unspecified atom stereocenters. The Balaban J connectivity index is 0.00000320. The zero-order chi connectivity index (χ0) is 20.8. The van der Waals surface area contributed by atoms with E-state index in [2.05, 4.69) is 5.32 Å². The normalized spacial score (nSPS) is 9.97. The summed E-state index contributed by atoms with van der Waals surface area (Å²) in [4.78, 5) is 24.6. The molecule has 0 aliphatic heterocycles. The van der Waals surface area contributed by atoms with Crippen molar-refractivity contribution in [2.75, 3.05) is 12.1 Å². The molecule has 0 aliphatic carbocycles. The van der Waals surface area contributed by atoms with Gasteiger partial charge in [-0.15, -0.1) is 0 Å². The molecule has 0 fully saturated rings. The average Bonchev–Trinajstić information content (AvgIpc) is 2.71. The van der Waals surface area contributed by atoms with E-state index in [1.165, 1.54) is 0 Å². The predicted molar refractivity (Wildman–Crippen MR) is 116 cm³/mol. The van der Waals surface area contributed by atoms with Gasteiger partial charge < -0.3 is 14.8 Å². The first-order valence-electron chi connectivity index (χ1n) is 9.17. The Morgan fingerprint density at radius 1 is 0.900 bits per heavy atom. The van der Waals surface area contributed by atoms with E-state index in [0.29, 0.717) is 16.8 Å². The number of nitrogens with zero attached hydrogens (tertiary/aromatic N) is 1. The number of benzene rings is 2. The van der Waals surface area contributed by atoms with Crippen LogP contribution in [-0.2, 0) is 16.5 Å². The summed E-state index contributed by atoms with van der Waals surface area (Å²) in [6.45, 7) is 3.58. The molecular weight excluding hydrogens is 380 g/mol. The monoisotopic (exact) mass is 407 g/mol. The fourth-order valence-corrected chi connectivity index (χ4v) is 2.81. The van der Waals surface area contributed by atoms with Crippen molar-refractivity contribution in [3.05, 3.63) is 89.2 Å². The molecule has 1 aromatic heterocycles. The van der Waals surface area contributed by atoms with Gasteiger partial charge in [-0.05, 0) is 49.2 Å². The van der Waals surface area contributed by atoms with Gasteiger partial charge in [0.2, 0.25) is 6.79 Å². The number of ether oxygens (including phenoxy) is 2. The third-order valence-corrected chi connectivity index (χ3v) is 4.58. The minimum atomic E-state index is -0.579. The summed E-state index contributed by atoms with van der Waals surface area (Å²) >= 11 is 0. The number of aromatic nitrogens is 1.